The monoisotopic (exact) mass is 288 g/mol. The molecule has 0 aliphatic carbocycles. The second-order valence-corrected chi connectivity index (χ2v) is 10.7. The molecule has 2 amide bonds. The highest BCUT2D eigenvalue weighted by Crippen LogP contribution is 2.42. The van der Waals surface area contributed by atoms with E-state index < -0.39 is 20.5 Å². The summed E-state index contributed by atoms with van der Waals surface area (Å²) in [6, 6.07) is 0. The Morgan fingerprint density at radius 3 is 1.53 bits per heavy atom. The summed E-state index contributed by atoms with van der Waals surface area (Å²) in [7, 11) is -1.16. The molecule has 0 atom stereocenters. The summed E-state index contributed by atoms with van der Waals surface area (Å²) in [4.78, 5) is 22.5. The fourth-order valence-corrected chi connectivity index (χ4v) is 7.70. The smallest absolute Gasteiger partial charge is 0.452 e. The van der Waals surface area contributed by atoms with Crippen LogP contribution in [-0.2, 0) is 9.16 Å². The van der Waals surface area contributed by atoms with Gasteiger partial charge in [-0.15, -0.1) is 0 Å². The number of azo groups is 1. The Balaban J connectivity index is 5.09. The number of methoxy groups -OCH3 is 1. The van der Waals surface area contributed by atoms with Gasteiger partial charge in [0.25, 0.3) is 8.32 Å². The quantitative estimate of drug-likeness (QED) is 0.563. The first kappa shape index (κ1) is 17.8. The molecule has 0 fully saturated rings. The molecule has 0 N–H and O–H groups in total. The van der Waals surface area contributed by atoms with E-state index >= 15 is 0 Å². The van der Waals surface area contributed by atoms with Gasteiger partial charge in [0, 0.05) is 0 Å². The van der Waals surface area contributed by atoms with Crippen molar-refractivity contribution in [2.75, 3.05) is 7.11 Å². The van der Waals surface area contributed by atoms with E-state index in [1.165, 1.54) is 7.11 Å². The van der Waals surface area contributed by atoms with Gasteiger partial charge in [0.05, 0.1) is 7.11 Å². The van der Waals surface area contributed by atoms with Crippen LogP contribution in [0.1, 0.15) is 41.5 Å². The van der Waals surface area contributed by atoms with Crippen LogP contribution in [0.25, 0.3) is 0 Å². The van der Waals surface area contributed by atoms with E-state index in [1.807, 2.05) is 0 Å². The molecule has 0 rings (SSSR count). The van der Waals surface area contributed by atoms with Gasteiger partial charge >= 0.3 is 12.2 Å². The molecule has 7 heteroatoms. The van der Waals surface area contributed by atoms with Crippen LogP contribution in [0, 0.1) is 0 Å². The number of nitrogens with zero attached hydrogens (tertiary/aromatic N) is 2. The Morgan fingerprint density at radius 1 is 0.842 bits per heavy atom. The molecule has 0 aromatic carbocycles. The van der Waals surface area contributed by atoms with Crippen LogP contribution in [0.2, 0.25) is 16.6 Å². The number of ether oxygens (including phenoxy) is 1. The van der Waals surface area contributed by atoms with E-state index in [9.17, 15) is 9.59 Å². The van der Waals surface area contributed by atoms with Gasteiger partial charge in [0.15, 0.2) is 0 Å². The van der Waals surface area contributed by atoms with Gasteiger partial charge in [0.2, 0.25) is 0 Å². The highest BCUT2D eigenvalue weighted by molar-refractivity contribution is 6.78. The van der Waals surface area contributed by atoms with Crippen molar-refractivity contribution in [3.05, 3.63) is 0 Å². The average molecular weight is 288 g/mol. The van der Waals surface area contributed by atoms with E-state index in [1.54, 1.807) is 0 Å². The summed E-state index contributed by atoms with van der Waals surface area (Å²) in [5.41, 5.74) is 0.763. The van der Waals surface area contributed by atoms with Crippen LogP contribution < -0.4 is 0 Å². The molecular formula is C12H24N2O4Si. The predicted molar refractivity (Wildman–Crippen MR) is 74.8 cm³/mol. The standard InChI is InChI=1S/C12H24N2O4Si/c1-8(2)19(9(3)4,10(5)6)18-12(16)14-13-11(15)17-7/h8-10H,1-7H3. The second kappa shape index (κ2) is 7.37. The number of amides is 2. The van der Waals surface area contributed by atoms with Crippen molar-refractivity contribution >= 4 is 20.5 Å². The van der Waals surface area contributed by atoms with Gasteiger partial charge in [-0.2, -0.15) is 0 Å². The zero-order valence-electron chi connectivity index (χ0n) is 12.8. The van der Waals surface area contributed by atoms with Crippen molar-refractivity contribution in [3.63, 3.8) is 0 Å². The Labute approximate surface area is 115 Å². The molecule has 6 nitrogen and oxygen atoms in total. The zero-order valence-corrected chi connectivity index (χ0v) is 13.8. The van der Waals surface area contributed by atoms with Gasteiger partial charge in [0.1, 0.15) is 0 Å². The molecule has 0 spiro atoms. The van der Waals surface area contributed by atoms with Gasteiger partial charge in [-0.3, -0.25) is 0 Å². The largest absolute Gasteiger partial charge is 0.500 e. The highest BCUT2D eigenvalue weighted by atomic mass is 28.4. The first-order chi connectivity index (χ1) is 8.68. The molecule has 0 heterocycles. The maximum atomic E-state index is 11.7. The van der Waals surface area contributed by atoms with Gasteiger partial charge in [-0.1, -0.05) is 51.8 Å². The van der Waals surface area contributed by atoms with Gasteiger partial charge < -0.3 is 9.16 Å². The summed E-state index contributed by atoms with van der Waals surface area (Å²) in [6.45, 7) is 12.3. The van der Waals surface area contributed by atoms with Crippen molar-refractivity contribution in [3.8, 4) is 0 Å². The maximum Gasteiger partial charge on any atom is 0.452 e. The molecule has 0 radical (unpaired) electrons. The van der Waals surface area contributed by atoms with E-state index in [2.05, 4.69) is 56.5 Å². The van der Waals surface area contributed by atoms with Crippen LogP contribution in [0.4, 0.5) is 9.59 Å². The maximum absolute atomic E-state index is 11.7. The summed E-state index contributed by atoms with van der Waals surface area (Å²) < 4.78 is 9.93. The Bertz CT molecular complexity index is 332. The lowest BCUT2D eigenvalue weighted by Gasteiger charge is -2.40. The molecule has 0 bridgehead atoms. The normalized spacial score (nSPS) is 12.5. The van der Waals surface area contributed by atoms with Crippen molar-refractivity contribution in [2.24, 2.45) is 10.2 Å². The Hall–Kier alpha value is -1.24. The molecular weight excluding hydrogens is 264 g/mol. The van der Waals surface area contributed by atoms with Crippen LogP contribution in [0.5, 0.6) is 0 Å². The molecule has 0 aromatic rings. The SMILES string of the molecule is COC(=O)N=NC(=O)O[Si](C(C)C)(C(C)C)C(C)C. The lowest BCUT2D eigenvalue weighted by molar-refractivity contribution is 0.177. The highest BCUT2D eigenvalue weighted by Gasteiger charge is 2.48. The molecule has 0 saturated heterocycles. The molecule has 0 aliphatic heterocycles. The fraction of sp³-hybridized carbons (Fsp3) is 0.833. The van der Waals surface area contributed by atoms with Crippen LogP contribution in [0.15, 0.2) is 10.2 Å². The third kappa shape index (κ3) is 4.41. The second-order valence-electron chi connectivity index (χ2n) is 5.36. The van der Waals surface area contributed by atoms with Crippen molar-refractivity contribution in [2.45, 2.75) is 58.2 Å². The van der Waals surface area contributed by atoms with Gasteiger partial charge in [-0.05, 0) is 16.6 Å². The summed E-state index contributed by atoms with van der Waals surface area (Å²) in [5, 5.41) is 6.37. The molecule has 0 unspecified atom stereocenters. The predicted octanol–water partition coefficient (Wildman–Crippen LogP) is 4.52. The fourth-order valence-electron chi connectivity index (χ4n) is 2.65. The van der Waals surface area contributed by atoms with Crippen LogP contribution >= 0.6 is 0 Å². The average Bonchev–Trinajstić information content (AvgIpc) is 2.31. The molecule has 0 aromatic heterocycles. The molecule has 0 saturated carbocycles. The Morgan fingerprint density at radius 2 is 1.21 bits per heavy atom. The van der Waals surface area contributed by atoms with E-state index in [0.717, 1.165) is 0 Å². The molecule has 110 valence electrons. The van der Waals surface area contributed by atoms with Crippen molar-refractivity contribution in [1.82, 2.24) is 0 Å². The number of hydrogen-bond acceptors (Lipinski definition) is 4. The van der Waals surface area contributed by atoms with E-state index in [4.69, 9.17) is 4.43 Å². The number of rotatable bonds is 4. The minimum atomic E-state index is -2.33. The zero-order chi connectivity index (χ0) is 15.2. The Kier molecular flexibility index (Phi) is 6.89. The lowest BCUT2D eigenvalue weighted by Crippen LogP contribution is -2.48. The number of carbonyl (C=O) groups excluding carboxylic acids is 2. The molecule has 0 aliphatic rings. The third-order valence-electron chi connectivity index (χ3n) is 3.36. The van der Waals surface area contributed by atoms with E-state index in [0.29, 0.717) is 0 Å². The first-order valence-corrected chi connectivity index (χ1v) is 8.55. The van der Waals surface area contributed by atoms with E-state index in [-0.39, 0.29) is 16.6 Å². The summed E-state index contributed by atoms with van der Waals surface area (Å²) in [5.74, 6) is 0. The number of carbonyl (C=O) groups is 2. The minimum Gasteiger partial charge on any atom is -0.500 e. The van der Waals surface area contributed by atoms with Crippen molar-refractivity contribution < 1.29 is 18.8 Å². The van der Waals surface area contributed by atoms with Gasteiger partial charge in [-0.25, -0.2) is 9.59 Å². The van der Waals surface area contributed by atoms with Crippen LogP contribution in [0.3, 0.4) is 0 Å². The van der Waals surface area contributed by atoms with Crippen LogP contribution in [-0.4, -0.2) is 27.6 Å². The number of hydrogen-bond donors (Lipinski definition) is 0. The summed E-state index contributed by atoms with van der Waals surface area (Å²) in [6.07, 6.45) is -1.73. The topological polar surface area (TPSA) is 77.3 Å². The summed E-state index contributed by atoms with van der Waals surface area (Å²) >= 11 is 0. The lowest BCUT2D eigenvalue weighted by atomic mass is 10.5. The molecule has 19 heavy (non-hydrogen) atoms. The minimum absolute atomic E-state index is 0.254. The first-order valence-electron chi connectivity index (χ1n) is 6.41. The van der Waals surface area contributed by atoms with Crippen molar-refractivity contribution in [1.29, 1.82) is 0 Å². The third-order valence-corrected chi connectivity index (χ3v) is 9.30.